The van der Waals surface area contributed by atoms with Gasteiger partial charge in [-0.2, -0.15) is 0 Å². The second-order valence-electron chi connectivity index (χ2n) is 4.91. The molecule has 0 heterocycles. The van der Waals surface area contributed by atoms with Gasteiger partial charge in [-0.3, -0.25) is 19.7 Å². The number of rotatable bonds is 8. The Hall–Kier alpha value is -1.86. The van der Waals surface area contributed by atoms with Gasteiger partial charge in [0.15, 0.2) is 0 Å². The highest BCUT2D eigenvalue weighted by molar-refractivity contribution is 6.37. The number of carbonyl (C=O) groups is 2. The summed E-state index contributed by atoms with van der Waals surface area (Å²) >= 11 is 11.7. The first-order valence-corrected chi connectivity index (χ1v) is 7.64. The van der Waals surface area contributed by atoms with Crippen molar-refractivity contribution >= 4 is 40.8 Å². The first-order chi connectivity index (χ1) is 10.8. The van der Waals surface area contributed by atoms with Gasteiger partial charge in [0.05, 0.1) is 4.92 Å². The SMILES string of the molecule is Cc1c(Cl)cc(Cl)c([N+](=O)[O-])c1C(=O)NCCCCCC(=O)O. The third-order valence-corrected chi connectivity index (χ3v) is 3.89. The van der Waals surface area contributed by atoms with E-state index in [1.54, 1.807) is 0 Å². The van der Waals surface area contributed by atoms with Crippen molar-refractivity contribution in [3.05, 3.63) is 37.4 Å². The van der Waals surface area contributed by atoms with E-state index >= 15 is 0 Å². The Kier molecular flexibility index (Phi) is 7.25. The minimum absolute atomic E-state index is 0.0719. The van der Waals surface area contributed by atoms with Crippen LogP contribution >= 0.6 is 23.2 Å². The number of carbonyl (C=O) groups excluding carboxylic acids is 1. The van der Waals surface area contributed by atoms with Crippen LogP contribution in [0.4, 0.5) is 5.69 Å². The number of benzene rings is 1. The summed E-state index contributed by atoms with van der Waals surface area (Å²) in [6.45, 7) is 1.78. The topological polar surface area (TPSA) is 110 Å². The molecular weight excluding hydrogens is 347 g/mol. The van der Waals surface area contributed by atoms with Crippen LogP contribution < -0.4 is 5.32 Å². The molecular formula is C14H16Cl2N2O5. The van der Waals surface area contributed by atoms with E-state index in [2.05, 4.69) is 5.32 Å². The predicted octanol–water partition coefficient (Wildman–Crippen LogP) is 3.58. The zero-order valence-electron chi connectivity index (χ0n) is 12.4. The van der Waals surface area contributed by atoms with Crippen molar-refractivity contribution in [1.29, 1.82) is 0 Å². The predicted molar refractivity (Wildman–Crippen MR) is 86.3 cm³/mol. The van der Waals surface area contributed by atoms with Crippen molar-refractivity contribution in [3.8, 4) is 0 Å². The van der Waals surface area contributed by atoms with E-state index in [0.29, 0.717) is 19.3 Å². The van der Waals surface area contributed by atoms with E-state index < -0.39 is 22.5 Å². The summed E-state index contributed by atoms with van der Waals surface area (Å²) in [6, 6.07) is 1.24. The number of hydrogen-bond donors (Lipinski definition) is 2. The molecule has 0 bridgehead atoms. The van der Waals surface area contributed by atoms with Crippen LogP contribution in [0, 0.1) is 17.0 Å². The van der Waals surface area contributed by atoms with Crippen LogP contribution in [0.15, 0.2) is 6.07 Å². The number of amides is 1. The van der Waals surface area contributed by atoms with E-state index in [1.807, 2.05) is 0 Å². The first-order valence-electron chi connectivity index (χ1n) is 6.88. The third kappa shape index (κ3) is 5.37. The highest BCUT2D eigenvalue weighted by Crippen LogP contribution is 2.35. The second kappa shape index (κ2) is 8.69. The molecule has 0 aliphatic carbocycles. The van der Waals surface area contributed by atoms with Gasteiger partial charge in [0.25, 0.3) is 5.91 Å². The van der Waals surface area contributed by atoms with Gasteiger partial charge in [0, 0.05) is 18.0 Å². The van der Waals surface area contributed by atoms with Gasteiger partial charge in [-0.25, -0.2) is 0 Å². The zero-order valence-corrected chi connectivity index (χ0v) is 13.9. The fourth-order valence-corrected chi connectivity index (χ4v) is 2.56. The van der Waals surface area contributed by atoms with E-state index in [0.717, 1.165) is 0 Å². The van der Waals surface area contributed by atoms with Crippen LogP contribution in [0.5, 0.6) is 0 Å². The minimum Gasteiger partial charge on any atom is -0.481 e. The summed E-state index contributed by atoms with van der Waals surface area (Å²) in [4.78, 5) is 33.0. The van der Waals surface area contributed by atoms with Gasteiger partial charge >= 0.3 is 11.7 Å². The third-order valence-electron chi connectivity index (χ3n) is 3.21. The molecule has 0 aliphatic heterocycles. The molecule has 0 aliphatic rings. The van der Waals surface area contributed by atoms with E-state index in [-0.39, 0.29) is 34.1 Å². The maximum Gasteiger partial charge on any atom is 0.303 e. The number of carboxylic acid groups (broad SMARTS) is 1. The number of hydrogen-bond acceptors (Lipinski definition) is 4. The largest absolute Gasteiger partial charge is 0.481 e. The quantitative estimate of drug-likeness (QED) is 0.417. The number of aliphatic carboxylic acids is 1. The lowest BCUT2D eigenvalue weighted by atomic mass is 10.1. The molecule has 0 unspecified atom stereocenters. The number of nitro groups is 1. The number of nitrogens with one attached hydrogen (secondary N) is 1. The molecule has 1 rings (SSSR count). The highest BCUT2D eigenvalue weighted by atomic mass is 35.5. The Morgan fingerprint density at radius 2 is 1.91 bits per heavy atom. The standard InChI is InChI=1S/C14H16Cl2N2O5/c1-8-9(15)7-10(16)13(18(22)23)12(8)14(21)17-6-4-2-3-5-11(19)20/h7H,2-6H2,1H3,(H,17,21)(H,19,20). The molecule has 126 valence electrons. The summed E-state index contributed by atoms with van der Waals surface area (Å²) in [5.74, 6) is -1.49. The normalized spacial score (nSPS) is 10.4. The summed E-state index contributed by atoms with van der Waals surface area (Å²) in [5, 5.41) is 22.2. The lowest BCUT2D eigenvalue weighted by molar-refractivity contribution is -0.385. The van der Waals surface area contributed by atoms with Crippen LogP contribution in [0.2, 0.25) is 10.0 Å². The van der Waals surface area contributed by atoms with Crippen LogP contribution in [0.1, 0.15) is 41.6 Å². The van der Waals surface area contributed by atoms with Crippen molar-refractivity contribution in [1.82, 2.24) is 5.32 Å². The van der Waals surface area contributed by atoms with E-state index in [9.17, 15) is 19.7 Å². The molecule has 0 atom stereocenters. The van der Waals surface area contributed by atoms with Crippen LogP contribution in [-0.2, 0) is 4.79 Å². The number of carboxylic acids is 1. The van der Waals surface area contributed by atoms with Gasteiger partial charge in [-0.15, -0.1) is 0 Å². The molecule has 0 saturated carbocycles. The lowest BCUT2D eigenvalue weighted by Gasteiger charge is -2.10. The van der Waals surface area contributed by atoms with Crippen LogP contribution in [0.3, 0.4) is 0 Å². The molecule has 23 heavy (non-hydrogen) atoms. The summed E-state index contributed by atoms with van der Waals surface area (Å²) < 4.78 is 0. The van der Waals surface area contributed by atoms with Gasteiger partial charge in [-0.05, 0) is 31.4 Å². The molecule has 0 spiro atoms. The number of unbranched alkanes of at least 4 members (excludes halogenated alkanes) is 2. The Bertz CT molecular complexity index is 634. The molecule has 9 heteroatoms. The number of nitro benzene ring substituents is 1. The van der Waals surface area contributed by atoms with Gasteiger partial charge in [-0.1, -0.05) is 29.6 Å². The summed E-state index contributed by atoms with van der Waals surface area (Å²) in [5.41, 5.74) is -0.346. The van der Waals surface area contributed by atoms with Crippen molar-refractivity contribution in [2.45, 2.75) is 32.6 Å². The molecule has 1 aromatic carbocycles. The van der Waals surface area contributed by atoms with Crippen molar-refractivity contribution < 1.29 is 19.6 Å². The van der Waals surface area contributed by atoms with E-state index in [4.69, 9.17) is 28.3 Å². The van der Waals surface area contributed by atoms with Crippen LogP contribution in [-0.4, -0.2) is 28.5 Å². The maximum atomic E-state index is 12.2. The fraction of sp³-hybridized carbons (Fsp3) is 0.429. The molecule has 2 N–H and O–H groups in total. The molecule has 1 amide bonds. The smallest absolute Gasteiger partial charge is 0.303 e. The maximum absolute atomic E-state index is 12.2. The molecule has 0 saturated heterocycles. The summed E-state index contributed by atoms with van der Waals surface area (Å²) in [7, 11) is 0. The van der Waals surface area contributed by atoms with Gasteiger partial charge < -0.3 is 10.4 Å². The summed E-state index contributed by atoms with van der Waals surface area (Å²) in [6.07, 6.45) is 1.78. The Morgan fingerprint density at radius 3 is 2.48 bits per heavy atom. The molecule has 0 radical (unpaired) electrons. The van der Waals surface area contributed by atoms with Gasteiger partial charge in [0.1, 0.15) is 10.6 Å². The van der Waals surface area contributed by atoms with Crippen LogP contribution in [0.25, 0.3) is 0 Å². The monoisotopic (exact) mass is 362 g/mol. The fourth-order valence-electron chi connectivity index (χ4n) is 2.03. The molecule has 0 aromatic heterocycles. The molecule has 1 aromatic rings. The number of halogens is 2. The average molecular weight is 363 g/mol. The Morgan fingerprint density at radius 1 is 1.26 bits per heavy atom. The number of nitrogens with zero attached hydrogens (tertiary/aromatic N) is 1. The molecule has 0 fully saturated rings. The zero-order chi connectivity index (χ0) is 17.6. The minimum atomic E-state index is -0.867. The second-order valence-corrected chi connectivity index (χ2v) is 5.72. The van der Waals surface area contributed by atoms with Gasteiger partial charge in [0.2, 0.25) is 0 Å². The van der Waals surface area contributed by atoms with Crippen molar-refractivity contribution in [3.63, 3.8) is 0 Å². The Labute approximate surface area is 142 Å². The van der Waals surface area contributed by atoms with E-state index in [1.165, 1.54) is 13.0 Å². The Balaban J connectivity index is 2.76. The molecule has 7 nitrogen and oxygen atoms in total. The lowest BCUT2D eigenvalue weighted by Crippen LogP contribution is -2.26. The van der Waals surface area contributed by atoms with Crippen molar-refractivity contribution in [2.24, 2.45) is 0 Å². The average Bonchev–Trinajstić information content (AvgIpc) is 2.45. The first kappa shape index (κ1) is 19.2. The van der Waals surface area contributed by atoms with Crippen molar-refractivity contribution in [2.75, 3.05) is 6.54 Å². The highest BCUT2D eigenvalue weighted by Gasteiger charge is 2.27.